The first-order chi connectivity index (χ1) is 9.74. The van der Waals surface area contributed by atoms with E-state index in [1.54, 1.807) is 31.0 Å². The lowest BCUT2D eigenvalue weighted by atomic mass is 10.1. The maximum Gasteiger partial charge on any atom is 0.0954 e. The number of halogens is 1. The van der Waals surface area contributed by atoms with Gasteiger partial charge in [-0.2, -0.15) is 0 Å². The van der Waals surface area contributed by atoms with Gasteiger partial charge in [0.1, 0.15) is 0 Å². The van der Waals surface area contributed by atoms with Gasteiger partial charge in [-0.05, 0) is 23.8 Å². The number of nitrogens with zero attached hydrogens (tertiary/aromatic N) is 3. The van der Waals surface area contributed by atoms with Gasteiger partial charge >= 0.3 is 0 Å². The van der Waals surface area contributed by atoms with E-state index in [1.807, 2.05) is 28.8 Å². The lowest BCUT2D eigenvalue weighted by Crippen LogP contribution is -2.02. The number of benzene rings is 1. The molecule has 0 amide bonds. The quantitative estimate of drug-likeness (QED) is 0.803. The van der Waals surface area contributed by atoms with Crippen molar-refractivity contribution in [1.82, 2.24) is 14.5 Å². The van der Waals surface area contributed by atoms with E-state index in [-0.39, 0.29) is 0 Å². The van der Waals surface area contributed by atoms with Gasteiger partial charge in [0, 0.05) is 35.2 Å². The number of pyridine rings is 1. The number of aromatic nitrogens is 3. The van der Waals surface area contributed by atoms with Crippen LogP contribution in [0, 0.1) is 0 Å². The molecule has 0 bridgehead atoms. The molecule has 2 aromatic heterocycles. The first kappa shape index (κ1) is 12.7. The van der Waals surface area contributed by atoms with E-state index >= 15 is 0 Å². The molecule has 2 N–H and O–H groups in total. The molecule has 5 heteroatoms. The highest BCUT2D eigenvalue weighted by Gasteiger charge is 2.08. The first-order valence-corrected chi connectivity index (χ1v) is 6.56. The predicted molar refractivity (Wildman–Crippen MR) is 80.4 cm³/mol. The molecule has 0 unspecified atom stereocenters. The molecule has 0 saturated heterocycles. The third kappa shape index (κ3) is 2.51. The maximum absolute atomic E-state index is 6.00. The van der Waals surface area contributed by atoms with Gasteiger partial charge in [0.15, 0.2) is 0 Å². The summed E-state index contributed by atoms with van der Waals surface area (Å²) in [6, 6.07) is 9.55. The Balaban J connectivity index is 1.95. The highest BCUT2D eigenvalue weighted by molar-refractivity contribution is 6.30. The molecule has 3 aromatic rings. The van der Waals surface area contributed by atoms with Crippen LogP contribution in [0.1, 0.15) is 5.56 Å². The molecule has 0 saturated carbocycles. The lowest BCUT2D eigenvalue weighted by molar-refractivity contribution is 0.804. The molecule has 0 spiro atoms. The Labute approximate surface area is 121 Å². The Morgan fingerprint density at radius 3 is 2.60 bits per heavy atom. The Hall–Kier alpha value is -2.33. The van der Waals surface area contributed by atoms with Crippen molar-refractivity contribution in [3.63, 3.8) is 0 Å². The zero-order chi connectivity index (χ0) is 13.9. The molecule has 20 heavy (non-hydrogen) atoms. The van der Waals surface area contributed by atoms with Crippen LogP contribution in [0.15, 0.2) is 55.2 Å². The van der Waals surface area contributed by atoms with Gasteiger partial charge in [-0.3, -0.25) is 4.98 Å². The van der Waals surface area contributed by atoms with Crippen LogP contribution in [0.4, 0.5) is 5.69 Å². The second-order valence-corrected chi connectivity index (χ2v) is 4.93. The topological polar surface area (TPSA) is 56.7 Å². The molecule has 0 atom stereocenters. The molecular weight excluding hydrogens is 272 g/mol. The van der Waals surface area contributed by atoms with Crippen molar-refractivity contribution in [1.29, 1.82) is 0 Å². The average molecular weight is 285 g/mol. The van der Waals surface area contributed by atoms with E-state index in [0.717, 1.165) is 21.8 Å². The van der Waals surface area contributed by atoms with Crippen LogP contribution < -0.4 is 5.73 Å². The lowest BCUT2D eigenvalue weighted by Gasteiger charge is -2.10. The average Bonchev–Trinajstić information content (AvgIpc) is 2.90. The van der Waals surface area contributed by atoms with Crippen molar-refractivity contribution in [3.05, 3.63) is 65.8 Å². The number of nitrogens with two attached hydrogens (primary N) is 1. The highest BCUT2D eigenvalue weighted by Crippen LogP contribution is 2.25. The SMILES string of the molecule is Nc1ccncc1-c1cncn1Cc1ccc(Cl)cc1. The molecule has 4 nitrogen and oxygen atoms in total. The summed E-state index contributed by atoms with van der Waals surface area (Å²) in [5, 5.41) is 0.733. The molecule has 2 heterocycles. The minimum absolute atomic E-state index is 0.692. The van der Waals surface area contributed by atoms with Crippen LogP contribution in [-0.2, 0) is 6.54 Å². The Morgan fingerprint density at radius 2 is 1.85 bits per heavy atom. The largest absolute Gasteiger partial charge is 0.398 e. The van der Waals surface area contributed by atoms with Crippen LogP contribution in [0.25, 0.3) is 11.3 Å². The van der Waals surface area contributed by atoms with Crippen LogP contribution in [0.3, 0.4) is 0 Å². The van der Waals surface area contributed by atoms with Crippen molar-refractivity contribution in [2.24, 2.45) is 0 Å². The summed E-state index contributed by atoms with van der Waals surface area (Å²) < 4.78 is 2.04. The normalized spacial score (nSPS) is 10.7. The summed E-state index contributed by atoms with van der Waals surface area (Å²) in [5.74, 6) is 0. The zero-order valence-electron chi connectivity index (χ0n) is 10.7. The Bertz CT molecular complexity index is 719. The summed E-state index contributed by atoms with van der Waals surface area (Å²) in [4.78, 5) is 8.33. The van der Waals surface area contributed by atoms with E-state index in [1.165, 1.54) is 0 Å². The Morgan fingerprint density at radius 1 is 1.05 bits per heavy atom. The van der Waals surface area contributed by atoms with E-state index in [9.17, 15) is 0 Å². The van der Waals surface area contributed by atoms with Gasteiger partial charge in [-0.15, -0.1) is 0 Å². The zero-order valence-corrected chi connectivity index (χ0v) is 11.5. The third-order valence-corrected chi connectivity index (χ3v) is 3.36. The van der Waals surface area contributed by atoms with Gasteiger partial charge in [0.25, 0.3) is 0 Å². The number of rotatable bonds is 3. The summed E-state index contributed by atoms with van der Waals surface area (Å²) in [5.41, 5.74) is 9.67. The molecule has 1 aromatic carbocycles. The second-order valence-electron chi connectivity index (χ2n) is 4.50. The third-order valence-electron chi connectivity index (χ3n) is 3.11. The van der Waals surface area contributed by atoms with Gasteiger partial charge in [-0.1, -0.05) is 23.7 Å². The fourth-order valence-corrected chi connectivity index (χ4v) is 2.20. The maximum atomic E-state index is 6.00. The van der Waals surface area contributed by atoms with Crippen molar-refractivity contribution < 1.29 is 0 Å². The smallest absolute Gasteiger partial charge is 0.0954 e. The minimum Gasteiger partial charge on any atom is -0.398 e. The second kappa shape index (κ2) is 5.35. The number of hydrogen-bond donors (Lipinski definition) is 1. The summed E-state index contributed by atoms with van der Waals surface area (Å²) >= 11 is 5.90. The highest BCUT2D eigenvalue weighted by atomic mass is 35.5. The van der Waals surface area contributed by atoms with Crippen LogP contribution in [0.5, 0.6) is 0 Å². The first-order valence-electron chi connectivity index (χ1n) is 6.18. The van der Waals surface area contributed by atoms with Gasteiger partial charge in [-0.25, -0.2) is 4.98 Å². The molecule has 0 fully saturated rings. The number of hydrogen-bond acceptors (Lipinski definition) is 3. The van der Waals surface area contributed by atoms with E-state index in [2.05, 4.69) is 9.97 Å². The van der Waals surface area contributed by atoms with Gasteiger partial charge in [0.05, 0.1) is 18.2 Å². The van der Waals surface area contributed by atoms with Crippen LogP contribution in [-0.4, -0.2) is 14.5 Å². The summed E-state index contributed by atoms with van der Waals surface area (Å²) in [6.07, 6.45) is 7.02. The van der Waals surface area contributed by atoms with Crippen molar-refractivity contribution in [2.75, 3.05) is 5.73 Å². The molecule has 100 valence electrons. The van der Waals surface area contributed by atoms with E-state index in [0.29, 0.717) is 12.2 Å². The number of imidazole rings is 1. The van der Waals surface area contributed by atoms with E-state index < -0.39 is 0 Å². The summed E-state index contributed by atoms with van der Waals surface area (Å²) in [6.45, 7) is 0.709. The summed E-state index contributed by atoms with van der Waals surface area (Å²) in [7, 11) is 0. The van der Waals surface area contributed by atoms with Gasteiger partial charge in [0.2, 0.25) is 0 Å². The number of anilines is 1. The molecule has 0 radical (unpaired) electrons. The fraction of sp³-hybridized carbons (Fsp3) is 0.0667. The van der Waals surface area contributed by atoms with Crippen LogP contribution in [0.2, 0.25) is 5.02 Å². The molecule has 0 aliphatic carbocycles. The monoisotopic (exact) mass is 284 g/mol. The predicted octanol–water partition coefficient (Wildman–Crippen LogP) is 3.23. The van der Waals surface area contributed by atoms with Crippen molar-refractivity contribution >= 4 is 17.3 Å². The molecular formula is C15H13ClN4. The Kier molecular flexibility index (Phi) is 3.39. The van der Waals surface area contributed by atoms with Gasteiger partial charge < -0.3 is 10.3 Å². The van der Waals surface area contributed by atoms with Crippen molar-refractivity contribution in [2.45, 2.75) is 6.54 Å². The van der Waals surface area contributed by atoms with Crippen LogP contribution >= 0.6 is 11.6 Å². The molecule has 3 rings (SSSR count). The number of nitrogen functional groups attached to an aromatic ring is 1. The van der Waals surface area contributed by atoms with Crippen molar-refractivity contribution in [3.8, 4) is 11.3 Å². The fourth-order valence-electron chi connectivity index (χ4n) is 2.08. The van der Waals surface area contributed by atoms with E-state index in [4.69, 9.17) is 17.3 Å². The molecule has 0 aliphatic heterocycles. The standard InChI is InChI=1S/C15H13ClN4/c16-12-3-1-11(2-4-12)9-20-10-19-8-15(20)13-7-18-6-5-14(13)17/h1-8,10H,9H2,(H2,17,18). The minimum atomic E-state index is 0.692. The molecule has 0 aliphatic rings.